The molecule has 9 heteroatoms. The van der Waals surface area contributed by atoms with Crippen molar-refractivity contribution >= 4 is 5.91 Å². The van der Waals surface area contributed by atoms with E-state index in [0.29, 0.717) is 6.42 Å². The first-order chi connectivity index (χ1) is 41.8. The summed E-state index contributed by atoms with van der Waals surface area (Å²) in [6.45, 7) is 3.82. The van der Waals surface area contributed by atoms with Gasteiger partial charge in [0, 0.05) is 6.42 Å². The predicted molar refractivity (Wildman–Crippen MR) is 364 cm³/mol. The van der Waals surface area contributed by atoms with Crippen LogP contribution in [0.15, 0.2) is 48.6 Å². The monoisotopic (exact) mass is 1200 g/mol. The van der Waals surface area contributed by atoms with Crippen molar-refractivity contribution in [3.05, 3.63) is 48.6 Å². The topological polar surface area (TPSA) is 149 Å². The van der Waals surface area contributed by atoms with Gasteiger partial charge in [-0.05, 0) is 64.2 Å². The third-order valence-electron chi connectivity index (χ3n) is 17.9. The number of allylic oxidation sites excluding steroid dienone is 7. The maximum atomic E-state index is 13.1. The molecule has 0 aromatic carbocycles. The molecule has 9 nitrogen and oxygen atoms in total. The smallest absolute Gasteiger partial charge is 0.220 e. The van der Waals surface area contributed by atoms with Gasteiger partial charge < -0.3 is 40.3 Å². The van der Waals surface area contributed by atoms with Gasteiger partial charge in [-0.3, -0.25) is 4.79 Å². The fourth-order valence-corrected chi connectivity index (χ4v) is 12.0. The van der Waals surface area contributed by atoms with Gasteiger partial charge in [0.15, 0.2) is 6.29 Å². The number of rotatable bonds is 66. The van der Waals surface area contributed by atoms with E-state index in [2.05, 4.69) is 55.6 Å². The van der Waals surface area contributed by atoms with Gasteiger partial charge in [-0.2, -0.15) is 0 Å². The van der Waals surface area contributed by atoms with Crippen molar-refractivity contribution in [1.82, 2.24) is 5.32 Å². The van der Waals surface area contributed by atoms with Crippen molar-refractivity contribution in [2.75, 3.05) is 13.2 Å². The molecule has 500 valence electrons. The Morgan fingerprint density at radius 1 is 0.400 bits per heavy atom. The summed E-state index contributed by atoms with van der Waals surface area (Å²) < 4.78 is 11.3. The zero-order valence-electron chi connectivity index (χ0n) is 56.1. The van der Waals surface area contributed by atoms with Crippen molar-refractivity contribution in [1.29, 1.82) is 0 Å². The van der Waals surface area contributed by atoms with Crippen LogP contribution in [0, 0.1) is 0 Å². The van der Waals surface area contributed by atoms with Crippen LogP contribution in [0.1, 0.15) is 373 Å². The van der Waals surface area contributed by atoms with E-state index < -0.39 is 49.5 Å². The maximum absolute atomic E-state index is 13.1. The summed E-state index contributed by atoms with van der Waals surface area (Å²) in [5, 5.41) is 54.8. The Kier molecular flexibility index (Phi) is 62.2. The summed E-state index contributed by atoms with van der Waals surface area (Å²) >= 11 is 0. The predicted octanol–water partition coefficient (Wildman–Crippen LogP) is 20.8. The van der Waals surface area contributed by atoms with Crippen LogP contribution in [0.5, 0.6) is 0 Å². The van der Waals surface area contributed by atoms with Gasteiger partial charge in [-0.25, -0.2) is 0 Å². The van der Waals surface area contributed by atoms with E-state index in [1.165, 1.54) is 308 Å². The van der Waals surface area contributed by atoms with Gasteiger partial charge in [0.1, 0.15) is 24.4 Å². The standard InChI is InChI=1S/C76H143NO8/c1-3-5-7-9-11-13-15-17-19-21-23-25-27-28-29-30-31-32-33-34-35-36-37-38-39-40-41-42-44-46-48-50-52-54-56-58-60-62-64-66-72(80)77-69(68-84-76-75(83)74(82)73(81)71(67-78)85-76)70(79)65-63-61-59-57-55-53-51-49-47-45-43-26-24-22-20-18-16-14-12-10-8-6-4-2/h31-32,34-35,55,57,63,65,69-71,73-76,78-79,81-83H,3-30,33,36-54,56,58-62,64,66-68H2,1-2H3,(H,77,80)/b32-31-,35-34-,57-55+,65-63+. The second-order valence-corrected chi connectivity index (χ2v) is 26.1. The Hall–Kier alpha value is -1.85. The van der Waals surface area contributed by atoms with Gasteiger partial charge in [0.2, 0.25) is 5.91 Å². The normalized spacial score (nSPS) is 18.3. The van der Waals surface area contributed by atoms with E-state index in [1.807, 2.05) is 6.08 Å². The maximum Gasteiger partial charge on any atom is 0.220 e. The molecule has 7 atom stereocenters. The molecule has 0 aromatic rings. The van der Waals surface area contributed by atoms with E-state index in [0.717, 1.165) is 44.9 Å². The van der Waals surface area contributed by atoms with Crippen molar-refractivity contribution in [3.8, 4) is 0 Å². The first-order valence-corrected chi connectivity index (χ1v) is 37.4. The molecule has 7 unspecified atom stereocenters. The third kappa shape index (κ3) is 53.7. The molecule has 6 N–H and O–H groups in total. The summed E-state index contributed by atoms with van der Waals surface area (Å²) in [5.74, 6) is -0.181. The highest BCUT2D eigenvalue weighted by Gasteiger charge is 2.44. The molecule has 1 saturated heterocycles. The SMILES string of the molecule is CCCCCCCCCCCCCCCCC/C=C\C/C=C\CCCCCCCCCCCCCCCCCCCC(=O)NC(COC1OC(CO)C(O)C(O)C1O)C(O)/C=C/CC/C=C/CCCCCCCCCCCCCCCCCCC. The second kappa shape index (κ2) is 65.1. The summed E-state index contributed by atoms with van der Waals surface area (Å²) in [7, 11) is 0. The molecule has 1 heterocycles. The molecular weight excluding hydrogens is 1050 g/mol. The summed E-state index contributed by atoms with van der Waals surface area (Å²) in [6.07, 6.45) is 82.5. The van der Waals surface area contributed by atoms with Crippen LogP contribution < -0.4 is 5.32 Å². The lowest BCUT2D eigenvalue weighted by molar-refractivity contribution is -0.302. The third-order valence-corrected chi connectivity index (χ3v) is 17.9. The first-order valence-electron chi connectivity index (χ1n) is 37.4. The molecule has 0 saturated carbocycles. The van der Waals surface area contributed by atoms with Gasteiger partial charge in [-0.15, -0.1) is 0 Å². The fraction of sp³-hybridized carbons (Fsp3) is 0.882. The molecule has 0 aliphatic carbocycles. The number of carbonyl (C=O) groups excluding carboxylic acids is 1. The largest absolute Gasteiger partial charge is 0.394 e. The number of nitrogens with one attached hydrogen (secondary N) is 1. The quantitative estimate of drug-likeness (QED) is 0.0261. The Labute approximate surface area is 526 Å². The summed E-state index contributed by atoms with van der Waals surface area (Å²) in [4.78, 5) is 13.1. The Morgan fingerprint density at radius 2 is 0.706 bits per heavy atom. The highest BCUT2D eigenvalue weighted by atomic mass is 16.7. The Bertz CT molecular complexity index is 1480. The molecular formula is C76H143NO8. The number of ether oxygens (including phenoxy) is 2. The van der Waals surface area contributed by atoms with Gasteiger partial charge in [0.25, 0.3) is 0 Å². The van der Waals surface area contributed by atoms with Crippen LogP contribution in [0.25, 0.3) is 0 Å². The fourth-order valence-electron chi connectivity index (χ4n) is 12.0. The second-order valence-electron chi connectivity index (χ2n) is 26.1. The molecule has 0 radical (unpaired) electrons. The number of amides is 1. The molecule has 85 heavy (non-hydrogen) atoms. The minimum absolute atomic E-state index is 0.181. The molecule has 0 spiro atoms. The van der Waals surface area contributed by atoms with Crippen LogP contribution in [0.2, 0.25) is 0 Å². The average molecular weight is 1200 g/mol. The highest BCUT2D eigenvalue weighted by Crippen LogP contribution is 2.24. The van der Waals surface area contributed by atoms with E-state index in [4.69, 9.17) is 9.47 Å². The Balaban J connectivity index is 2.08. The number of aliphatic hydroxyl groups excluding tert-OH is 5. The van der Waals surface area contributed by atoms with Crippen LogP contribution in [0.3, 0.4) is 0 Å². The molecule has 1 aliphatic heterocycles. The van der Waals surface area contributed by atoms with E-state index in [-0.39, 0.29) is 12.5 Å². The van der Waals surface area contributed by atoms with Crippen LogP contribution in [-0.4, -0.2) is 87.5 Å². The van der Waals surface area contributed by atoms with Crippen molar-refractivity contribution in [2.24, 2.45) is 0 Å². The first kappa shape index (κ1) is 81.2. The molecule has 1 rings (SSSR count). The van der Waals surface area contributed by atoms with Crippen LogP contribution in [-0.2, 0) is 14.3 Å². The lowest BCUT2D eigenvalue weighted by Crippen LogP contribution is -2.60. The Morgan fingerprint density at radius 3 is 1.06 bits per heavy atom. The van der Waals surface area contributed by atoms with E-state index in [1.54, 1.807) is 6.08 Å². The number of hydrogen-bond donors (Lipinski definition) is 6. The minimum Gasteiger partial charge on any atom is -0.394 e. The number of unbranched alkanes of at least 4 members (excludes halogenated alkanes) is 50. The molecule has 1 amide bonds. The molecule has 0 aromatic heterocycles. The minimum atomic E-state index is -1.57. The number of aliphatic hydroxyl groups is 5. The van der Waals surface area contributed by atoms with Crippen LogP contribution >= 0.6 is 0 Å². The summed E-state index contributed by atoms with van der Waals surface area (Å²) in [6, 6.07) is -0.824. The van der Waals surface area contributed by atoms with Crippen molar-refractivity contribution in [2.45, 2.75) is 416 Å². The summed E-state index contributed by atoms with van der Waals surface area (Å²) in [5.41, 5.74) is 0. The number of carbonyl (C=O) groups is 1. The zero-order chi connectivity index (χ0) is 61.4. The molecule has 1 fully saturated rings. The molecule has 1 aliphatic rings. The van der Waals surface area contributed by atoms with Crippen molar-refractivity contribution in [3.63, 3.8) is 0 Å². The van der Waals surface area contributed by atoms with E-state index in [9.17, 15) is 30.3 Å². The average Bonchev–Trinajstić information content (AvgIpc) is 3.66. The lowest BCUT2D eigenvalue weighted by Gasteiger charge is -2.40. The molecule has 0 bridgehead atoms. The number of hydrogen-bond acceptors (Lipinski definition) is 8. The van der Waals surface area contributed by atoms with Crippen molar-refractivity contribution < 1.29 is 39.8 Å². The van der Waals surface area contributed by atoms with E-state index >= 15 is 0 Å². The van der Waals surface area contributed by atoms with Gasteiger partial charge in [0.05, 0.1) is 25.4 Å². The van der Waals surface area contributed by atoms with Gasteiger partial charge in [-0.1, -0.05) is 351 Å². The van der Waals surface area contributed by atoms with Crippen LogP contribution in [0.4, 0.5) is 0 Å². The van der Waals surface area contributed by atoms with Gasteiger partial charge >= 0.3 is 0 Å². The lowest BCUT2D eigenvalue weighted by atomic mass is 9.99. The zero-order valence-corrected chi connectivity index (χ0v) is 56.1. The highest BCUT2D eigenvalue weighted by molar-refractivity contribution is 5.76.